The number of nitrogen functional groups attached to an aromatic ring is 1. The number of nitrogens with one attached hydrogen (secondary N) is 3. The number of anilines is 2. The van der Waals surface area contributed by atoms with Crippen LogP contribution in [-0.2, 0) is 4.79 Å². The lowest BCUT2D eigenvalue weighted by molar-refractivity contribution is -0.120. The molecule has 1 rings (SSSR count). The highest BCUT2D eigenvalue weighted by molar-refractivity contribution is 5.76. The summed E-state index contributed by atoms with van der Waals surface area (Å²) in [5.74, 6) is 7.23. The maximum Gasteiger partial charge on any atom is 0.221 e. The van der Waals surface area contributed by atoms with Crippen molar-refractivity contribution >= 4 is 17.5 Å². The van der Waals surface area contributed by atoms with Crippen LogP contribution in [0.4, 0.5) is 11.6 Å². The fourth-order valence-corrected chi connectivity index (χ4v) is 1.36. The number of hydrazine groups is 1. The lowest BCUT2D eigenvalue weighted by Gasteiger charge is -2.12. The molecule has 1 aromatic rings. The summed E-state index contributed by atoms with van der Waals surface area (Å²) in [5.41, 5.74) is 3.35. The van der Waals surface area contributed by atoms with Crippen LogP contribution in [0.25, 0.3) is 0 Å². The van der Waals surface area contributed by atoms with Crippen LogP contribution in [0.5, 0.6) is 0 Å². The highest BCUT2D eigenvalue weighted by atomic mass is 16.1. The van der Waals surface area contributed by atoms with Crippen LogP contribution in [0, 0.1) is 13.8 Å². The summed E-state index contributed by atoms with van der Waals surface area (Å²) < 4.78 is 0. The predicted octanol–water partition coefficient (Wildman–Crippen LogP) is -0.0730. The van der Waals surface area contributed by atoms with E-state index in [1.54, 1.807) is 14.0 Å². The van der Waals surface area contributed by atoms with Crippen molar-refractivity contribution in [1.29, 1.82) is 0 Å². The van der Waals surface area contributed by atoms with E-state index in [-0.39, 0.29) is 5.91 Å². The SMILES string of the molecule is CNC(=O)CCNc1nc(C)nc(NN)c1C. The summed E-state index contributed by atoms with van der Waals surface area (Å²) in [6, 6.07) is 0. The van der Waals surface area contributed by atoms with Crippen LogP contribution in [0.3, 0.4) is 0 Å². The van der Waals surface area contributed by atoms with Gasteiger partial charge in [0, 0.05) is 25.6 Å². The highest BCUT2D eigenvalue weighted by Crippen LogP contribution is 2.18. The number of nitrogens with two attached hydrogens (primary N) is 1. The fraction of sp³-hybridized carbons (Fsp3) is 0.500. The minimum absolute atomic E-state index is 0.0156. The van der Waals surface area contributed by atoms with Gasteiger partial charge in [-0.3, -0.25) is 4.79 Å². The third kappa shape index (κ3) is 3.56. The molecular weight excluding hydrogens is 220 g/mol. The number of carbonyl (C=O) groups excluding carboxylic acids is 1. The van der Waals surface area contributed by atoms with Crippen molar-refractivity contribution in [2.24, 2.45) is 5.84 Å². The number of amides is 1. The zero-order valence-corrected chi connectivity index (χ0v) is 10.3. The van der Waals surface area contributed by atoms with Crippen LogP contribution in [-0.4, -0.2) is 29.5 Å². The van der Waals surface area contributed by atoms with Crippen LogP contribution in [0.2, 0.25) is 0 Å². The zero-order valence-electron chi connectivity index (χ0n) is 10.3. The molecule has 0 radical (unpaired) electrons. The van der Waals surface area contributed by atoms with E-state index >= 15 is 0 Å². The van der Waals surface area contributed by atoms with Crippen molar-refractivity contribution < 1.29 is 4.79 Å². The average Bonchev–Trinajstić information content (AvgIpc) is 2.32. The monoisotopic (exact) mass is 238 g/mol. The molecule has 0 aromatic carbocycles. The van der Waals surface area contributed by atoms with Crippen LogP contribution < -0.4 is 21.9 Å². The Morgan fingerprint density at radius 3 is 2.53 bits per heavy atom. The van der Waals surface area contributed by atoms with Gasteiger partial charge in [-0.15, -0.1) is 0 Å². The van der Waals surface area contributed by atoms with Crippen LogP contribution in [0.15, 0.2) is 0 Å². The molecule has 0 atom stereocenters. The molecule has 7 nitrogen and oxygen atoms in total. The van der Waals surface area contributed by atoms with E-state index in [4.69, 9.17) is 5.84 Å². The third-order valence-electron chi connectivity index (χ3n) is 2.32. The van der Waals surface area contributed by atoms with Crippen molar-refractivity contribution in [2.75, 3.05) is 24.3 Å². The number of aryl methyl sites for hydroxylation is 1. The first-order valence-electron chi connectivity index (χ1n) is 5.34. The van der Waals surface area contributed by atoms with Gasteiger partial charge >= 0.3 is 0 Å². The maximum absolute atomic E-state index is 11.1. The molecule has 0 saturated carbocycles. The molecule has 7 heteroatoms. The molecule has 0 aliphatic rings. The van der Waals surface area contributed by atoms with Gasteiger partial charge < -0.3 is 16.1 Å². The van der Waals surface area contributed by atoms with Gasteiger partial charge in [-0.25, -0.2) is 15.8 Å². The molecule has 0 aliphatic heterocycles. The standard InChI is InChI=1S/C10H18N6O/c1-6-9(13-5-4-8(17)12-3)14-7(2)15-10(6)16-11/h4-5,11H2,1-3H3,(H,12,17)(H2,13,14,15,16). The van der Waals surface area contributed by atoms with Crippen molar-refractivity contribution in [3.8, 4) is 0 Å². The number of nitrogens with zero attached hydrogens (tertiary/aromatic N) is 2. The molecule has 0 bridgehead atoms. The number of carbonyl (C=O) groups is 1. The lowest BCUT2D eigenvalue weighted by atomic mass is 10.3. The molecule has 94 valence electrons. The Morgan fingerprint density at radius 1 is 1.29 bits per heavy atom. The molecule has 0 saturated heterocycles. The van der Waals surface area contributed by atoms with E-state index in [0.717, 1.165) is 5.56 Å². The molecule has 0 aliphatic carbocycles. The van der Waals surface area contributed by atoms with Gasteiger partial charge in [-0.2, -0.15) is 0 Å². The summed E-state index contributed by atoms with van der Waals surface area (Å²) in [6.07, 6.45) is 0.393. The molecule has 5 N–H and O–H groups in total. The Hall–Kier alpha value is -1.89. The van der Waals surface area contributed by atoms with Gasteiger partial charge in [0.05, 0.1) is 0 Å². The molecule has 0 spiro atoms. The summed E-state index contributed by atoms with van der Waals surface area (Å²) in [6.45, 7) is 4.15. The Bertz CT molecular complexity index is 406. The second-order valence-corrected chi connectivity index (χ2v) is 3.59. The molecule has 1 heterocycles. The smallest absolute Gasteiger partial charge is 0.221 e. The number of hydrogen-bond acceptors (Lipinski definition) is 6. The van der Waals surface area contributed by atoms with E-state index in [1.807, 2.05) is 6.92 Å². The van der Waals surface area contributed by atoms with Gasteiger partial charge in [0.2, 0.25) is 5.91 Å². The fourth-order valence-electron chi connectivity index (χ4n) is 1.36. The molecule has 1 amide bonds. The second kappa shape index (κ2) is 6.00. The van der Waals surface area contributed by atoms with E-state index in [0.29, 0.717) is 30.4 Å². The van der Waals surface area contributed by atoms with Gasteiger partial charge in [0.25, 0.3) is 0 Å². The van der Waals surface area contributed by atoms with Crippen molar-refractivity contribution in [3.63, 3.8) is 0 Å². The number of aromatic nitrogens is 2. The minimum Gasteiger partial charge on any atom is -0.369 e. The summed E-state index contributed by atoms with van der Waals surface area (Å²) >= 11 is 0. The topological polar surface area (TPSA) is 105 Å². The van der Waals surface area contributed by atoms with E-state index < -0.39 is 0 Å². The van der Waals surface area contributed by atoms with Crippen LogP contribution in [0.1, 0.15) is 17.8 Å². The van der Waals surface area contributed by atoms with E-state index in [9.17, 15) is 4.79 Å². The Labute approximate surface area is 100 Å². The first-order valence-corrected chi connectivity index (χ1v) is 5.34. The van der Waals surface area contributed by atoms with Gasteiger partial charge in [-0.1, -0.05) is 0 Å². The average molecular weight is 238 g/mol. The second-order valence-electron chi connectivity index (χ2n) is 3.59. The summed E-state index contributed by atoms with van der Waals surface area (Å²) in [7, 11) is 1.61. The van der Waals surface area contributed by atoms with Gasteiger partial charge in [-0.05, 0) is 13.8 Å². The maximum atomic E-state index is 11.1. The van der Waals surface area contributed by atoms with E-state index in [1.165, 1.54) is 0 Å². The zero-order chi connectivity index (χ0) is 12.8. The molecule has 0 unspecified atom stereocenters. The molecule has 17 heavy (non-hydrogen) atoms. The summed E-state index contributed by atoms with van der Waals surface area (Å²) in [5, 5.41) is 5.64. The molecule has 1 aromatic heterocycles. The van der Waals surface area contributed by atoms with Crippen molar-refractivity contribution in [2.45, 2.75) is 20.3 Å². The largest absolute Gasteiger partial charge is 0.369 e. The van der Waals surface area contributed by atoms with Crippen molar-refractivity contribution in [1.82, 2.24) is 15.3 Å². The molecule has 0 fully saturated rings. The van der Waals surface area contributed by atoms with Gasteiger partial charge in [0.15, 0.2) is 0 Å². The summed E-state index contributed by atoms with van der Waals surface area (Å²) in [4.78, 5) is 19.5. The quantitative estimate of drug-likeness (QED) is 0.422. The highest BCUT2D eigenvalue weighted by Gasteiger charge is 2.08. The Kier molecular flexibility index (Phi) is 4.65. The first kappa shape index (κ1) is 13.2. The minimum atomic E-state index is -0.0156. The van der Waals surface area contributed by atoms with Gasteiger partial charge in [0.1, 0.15) is 17.5 Å². The normalized spacial score (nSPS) is 9.88. The third-order valence-corrected chi connectivity index (χ3v) is 2.32. The predicted molar refractivity (Wildman–Crippen MR) is 66.5 cm³/mol. The Balaban J connectivity index is 2.70. The van der Waals surface area contributed by atoms with Crippen molar-refractivity contribution in [3.05, 3.63) is 11.4 Å². The van der Waals surface area contributed by atoms with Crippen LogP contribution >= 0.6 is 0 Å². The number of rotatable bonds is 5. The molecular formula is C10H18N6O. The van der Waals surface area contributed by atoms with E-state index in [2.05, 4.69) is 26.0 Å². The Morgan fingerprint density at radius 2 is 1.94 bits per heavy atom. The first-order chi connectivity index (χ1) is 8.08. The number of hydrogen-bond donors (Lipinski definition) is 4. The lowest BCUT2D eigenvalue weighted by Crippen LogP contribution is -2.21.